The number of alkyl halides is 2. The van der Waals surface area contributed by atoms with E-state index in [2.05, 4.69) is 15.0 Å². The first kappa shape index (κ1) is 12.4. The number of aryl methyl sites for hydroxylation is 1. The van der Waals surface area contributed by atoms with Gasteiger partial charge in [0.2, 0.25) is 0 Å². The molecule has 0 bridgehead atoms. The third kappa shape index (κ3) is 3.15. The number of nitrogens with one attached hydrogen (secondary N) is 1. The van der Waals surface area contributed by atoms with Gasteiger partial charge in [0.1, 0.15) is 5.82 Å². The first-order valence-electron chi connectivity index (χ1n) is 4.62. The smallest absolute Gasteiger partial charge is 0.339 e. The van der Waals surface area contributed by atoms with E-state index in [0.29, 0.717) is 17.1 Å². The van der Waals surface area contributed by atoms with Crippen LogP contribution < -0.4 is 5.32 Å². The molecule has 1 N–H and O–H groups in total. The van der Waals surface area contributed by atoms with Crippen molar-refractivity contribution in [3.63, 3.8) is 0 Å². The fourth-order valence-electron chi connectivity index (χ4n) is 1.17. The SMILES string of the molecule is COC(=O)c1ccc(NCC(F)F)nc1C. The highest BCUT2D eigenvalue weighted by molar-refractivity contribution is 5.90. The Balaban J connectivity index is 2.78. The van der Waals surface area contributed by atoms with Crippen LogP contribution in [0, 0.1) is 6.92 Å². The average Bonchev–Trinajstić information content (AvgIpc) is 2.25. The van der Waals surface area contributed by atoms with Gasteiger partial charge in [-0.25, -0.2) is 18.6 Å². The van der Waals surface area contributed by atoms with E-state index in [4.69, 9.17) is 0 Å². The molecular formula is C10H12F2N2O2. The van der Waals surface area contributed by atoms with Crippen LogP contribution in [0.3, 0.4) is 0 Å². The van der Waals surface area contributed by atoms with E-state index >= 15 is 0 Å². The molecule has 0 amide bonds. The quantitative estimate of drug-likeness (QED) is 0.802. The molecule has 0 saturated carbocycles. The maximum Gasteiger partial charge on any atom is 0.339 e. The highest BCUT2D eigenvalue weighted by Crippen LogP contribution is 2.11. The molecular weight excluding hydrogens is 218 g/mol. The molecule has 4 nitrogen and oxygen atoms in total. The van der Waals surface area contributed by atoms with Crippen LogP contribution >= 0.6 is 0 Å². The molecule has 0 fully saturated rings. The minimum atomic E-state index is -2.44. The molecule has 0 spiro atoms. The predicted octanol–water partition coefficient (Wildman–Crippen LogP) is 1.85. The Hall–Kier alpha value is -1.72. The zero-order valence-electron chi connectivity index (χ0n) is 8.96. The molecule has 16 heavy (non-hydrogen) atoms. The minimum absolute atomic E-state index is 0.311. The molecule has 0 aliphatic carbocycles. The molecule has 88 valence electrons. The largest absolute Gasteiger partial charge is 0.465 e. The van der Waals surface area contributed by atoms with Gasteiger partial charge in [-0.1, -0.05) is 0 Å². The molecule has 1 rings (SSSR count). The van der Waals surface area contributed by atoms with Crippen LogP contribution in [-0.2, 0) is 4.74 Å². The van der Waals surface area contributed by atoms with E-state index < -0.39 is 18.9 Å². The maximum atomic E-state index is 11.9. The normalized spacial score (nSPS) is 10.3. The fraction of sp³-hybridized carbons (Fsp3) is 0.400. The maximum absolute atomic E-state index is 11.9. The van der Waals surface area contributed by atoms with Gasteiger partial charge in [-0.2, -0.15) is 0 Å². The fourth-order valence-corrected chi connectivity index (χ4v) is 1.17. The van der Waals surface area contributed by atoms with Crippen LogP contribution in [0.2, 0.25) is 0 Å². The number of esters is 1. The molecule has 1 heterocycles. The lowest BCUT2D eigenvalue weighted by atomic mass is 10.2. The number of anilines is 1. The Bertz CT molecular complexity index is 383. The van der Waals surface area contributed by atoms with Gasteiger partial charge in [0, 0.05) is 0 Å². The van der Waals surface area contributed by atoms with Gasteiger partial charge < -0.3 is 10.1 Å². The summed E-state index contributed by atoms with van der Waals surface area (Å²) in [5.74, 6) is -0.184. The average molecular weight is 230 g/mol. The summed E-state index contributed by atoms with van der Waals surface area (Å²) in [6, 6.07) is 2.95. The van der Waals surface area contributed by atoms with Crippen molar-refractivity contribution in [2.45, 2.75) is 13.3 Å². The molecule has 1 aromatic rings. The lowest BCUT2D eigenvalue weighted by Crippen LogP contribution is -2.13. The zero-order valence-corrected chi connectivity index (χ0v) is 8.96. The lowest BCUT2D eigenvalue weighted by Gasteiger charge is -2.07. The first-order chi connectivity index (χ1) is 7.54. The summed E-state index contributed by atoms with van der Waals surface area (Å²) < 4.78 is 28.4. The topological polar surface area (TPSA) is 51.2 Å². The number of hydrogen-bond donors (Lipinski definition) is 1. The Morgan fingerprint density at radius 3 is 2.75 bits per heavy atom. The predicted molar refractivity (Wildman–Crippen MR) is 54.8 cm³/mol. The van der Waals surface area contributed by atoms with Crippen LogP contribution in [0.1, 0.15) is 16.1 Å². The number of carbonyl (C=O) groups is 1. The van der Waals surface area contributed by atoms with Crippen molar-refractivity contribution in [3.8, 4) is 0 Å². The third-order valence-electron chi connectivity index (χ3n) is 1.93. The molecule has 0 saturated heterocycles. The van der Waals surface area contributed by atoms with Gasteiger partial charge in [0.25, 0.3) is 6.43 Å². The molecule has 0 atom stereocenters. The van der Waals surface area contributed by atoms with Crippen molar-refractivity contribution in [1.82, 2.24) is 4.98 Å². The standard InChI is InChI=1S/C10H12F2N2O2/c1-6-7(10(15)16-2)3-4-9(14-6)13-5-8(11)12/h3-4,8H,5H2,1-2H3,(H,13,14). The summed E-state index contributed by atoms with van der Waals surface area (Å²) >= 11 is 0. The number of aromatic nitrogens is 1. The number of nitrogens with zero attached hydrogens (tertiary/aromatic N) is 1. The van der Waals surface area contributed by atoms with Gasteiger partial charge >= 0.3 is 5.97 Å². The van der Waals surface area contributed by atoms with Gasteiger partial charge in [-0.3, -0.25) is 0 Å². The minimum Gasteiger partial charge on any atom is -0.465 e. The van der Waals surface area contributed by atoms with Crippen molar-refractivity contribution in [2.75, 3.05) is 19.0 Å². The Morgan fingerprint density at radius 1 is 1.56 bits per heavy atom. The number of ether oxygens (including phenoxy) is 1. The second-order valence-corrected chi connectivity index (χ2v) is 3.09. The van der Waals surface area contributed by atoms with Gasteiger partial charge in [0.15, 0.2) is 0 Å². The number of hydrogen-bond acceptors (Lipinski definition) is 4. The summed E-state index contributed by atoms with van der Waals surface area (Å²) in [5.41, 5.74) is 0.760. The number of carbonyl (C=O) groups excluding carboxylic acids is 1. The van der Waals surface area contributed by atoms with Crippen LogP contribution in [0.5, 0.6) is 0 Å². The second kappa shape index (κ2) is 5.39. The van der Waals surface area contributed by atoms with E-state index in [-0.39, 0.29) is 0 Å². The Labute approximate surface area is 91.6 Å². The molecule has 0 aromatic carbocycles. The molecule has 0 radical (unpaired) electrons. The van der Waals surface area contributed by atoms with Gasteiger partial charge in [-0.05, 0) is 19.1 Å². The summed E-state index contributed by atoms with van der Waals surface area (Å²) in [6.07, 6.45) is -2.44. The van der Waals surface area contributed by atoms with Crippen molar-refractivity contribution >= 4 is 11.8 Å². The van der Waals surface area contributed by atoms with E-state index in [1.54, 1.807) is 6.92 Å². The van der Waals surface area contributed by atoms with Crippen LogP contribution in [0.4, 0.5) is 14.6 Å². The molecule has 1 aromatic heterocycles. The third-order valence-corrected chi connectivity index (χ3v) is 1.93. The molecule has 0 unspecified atom stereocenters. The Kier molecular flexibility index (Phi) is 4.16. The van der Waals surface area contributed by atoms with E-state index in [0.717, 1.165) is 0 Å². The highest BCUT2D eigenvalue weighted by atomic mass is 19.3. The van der Waals surface area contributed by atoms with Gasteiger partial charge in [0.05, 0.1) is 24.9 Å². The number of rotatable bonds is 4. The summed E-state index contributed by atoms with van der Waals surface area (Å²) in [4.78, 5) is 15.2. The van der Waals surface area contributed by atoms with Crippen molar-refractivity contribution in [2.24, 2.45) is 0 Å². The van der Waals surface area contributed by atoms with Crippen LogP contribution in [0.25, 0.3) is 0 Å². The zero-order chi connectivity index (χ0) is 12.1. The van der Waals surface area contributed by atoms with E-state index in [1.165, 1.54) is 19.2 Å². The van der Waals surface area contributed by atoms with Crippen LogP contribution in [-0.4, -0.2) is 31.0 Å². The van der Waals surface area contributed by atoms with E-state index in [1.807, 2.05) is 0 Å². The monoisotopic (exact) mass is 230 g/mol. The van der Waals surface area contributed by atoms with Crippen LogP contribution in [0.15, 0.2) is 12.1 Å². The van der Waals surface area contributed by atoms with Crippen molar-refractivity contribution in [1.29, 1.82) is 0 Å². The molecule has 6 heteroatoms. The van der Waals surface area contributed by atoms with Gasteiger partial charge in [-0.15, -0.1) is 0 Å². The second-order valence-electron chi connectivity index (χ2n) is 3.09. The van der Waals surface area contributed by atoms with Crippen molar-refractivity contribution in [3.05, 3.63) is 23.4 Å². The summed E-state index contributed by atoms with van der Waals surface area (Å²) in [5, 5.41) is 2.46. The number of halogens is 2. The summed E-state index contributed by atoms with van der Waals surface area (Å²) in [6.45, 7) is 1.14. The Morgan fingerprint density at radius 2 is 2.25 bits per heavy atom. The molecule has 0 aliphatic heterocycles. The summed E-state index contributed by atoms with van der Waals surface area (Å²) in [7, 11) is 1.27. The highest BCUT2D eigenvalue weighted by Gasteiger charge is 2.11. The lowest BCUT2D eigenvalue weighted by molar-refractivity contribution is 0.0599. The number of pyridine rings is 1. The molecule has 0 aliphatic rings. The first-order valence-corrected chi connectivity index (χ1v) is 4.62. The van der Waals surface area contributed by atoms with Crippen molar-refractivity contribution < 1.29 is 18.3 Å². The number of methoxy groups -OCH3 is 1. The van der Waals surface area contributed by atoms with E-state index in [9.17, 15) is 13.6 Å².